The van der Waals surface area contributed by atoms with E-state index in [0.717, 1.165) is 30.1 Å². The van der Waals surface area contributed by atoms with Gasteiger partial charge in [-0.3, -0.25) is 4.79 Å². The zero-order chi connectivity index (χ0) is 18.1. The third kappa shape index (κ3) is 3.05. The fourth-order valence-corrected chi connectivity index (χ4v) is 3.69. The van der Waals surface area contributed by atoms with Crippen molar-refractivity contribution < 1.29 is 9.21 Å². The van der Waals surface area contributed by atoms with Gasteiger partial charge in [0.25, 0.3) is 0 Å². The van der Waals surface area contributed by atoms with Crippen molar-refractivity contribution in [1.82, 2.24) is 14.5 Å². The molecule has 1 aliphatic rings. The molecule has 1 unspecified atom stereocenters. The van der Waals surface area contributed by atoms with Crippen molar-refractivity contribution in [3.63, 3.8) is 0 Å². The third-order valence-electron chi connectivity index (χ3n) is 5.09. The summed E-state index contributed by atoms with van der Waals surface area (Å²) in [5.74, 6) is 1.57. The number of aromatic nitrogens is 2. The van der Waals surface area contributed by atoms with E-state index >= 15 is 0 Å². The van der Waals surface area contributed by atoms with Gasteiger partial charge in [-0.2, -0.15) is 0 Å². The van der Waals surface area contributed by atoms with Crippen molar-refractivity contribution in [3.05, 3.63) is 65.9 Å². The number of carbonyl (C=O) groups is 1. The van der Waals surface area contributed by atoms with Gasteiger partial charge in [0.1, 0.15) is 0 Å². The lowest BCUT2D eigenvalue weighted by Gasteiger charge is -2.35. The zero-order valence-electron chi connectivity index (χ0n) is 15.2. The predicted octanol–water partition coefficient (Wildman–Crippen LogP) is 3.99. The van der Waals surface area contributed by atoms with Gasteiger partial charge in [-0.05, 0) is 26.0 Å². The minimum Gasteiger partial charge on any atom is -0.440 e. The Morgan fingerprint density at radius 1 is 1.19 bits per heavy atom. The molecule has 0 bridgehead atoms. The monoisotopic (exact) mass is 349 g/mol. The normalized spacial score (nSPS) is 16.5. The molecule has 2 aromatic heterocycles. The zero-order valence-corrected chi connectivity index (χ0v) is 15.2. The molecule has 5 nitrogen and oxygen atoms in total. The van der Waals surface area contributed by atoms with E-state index in [9.17, 15) is 4.79 Å². The highest BCUT2D eigenvalue weighted by Crippen LogP contribution is 2.27. The molecule has 3 aromatic rings. The largest absolute Gasteiger partial charge is 0.440 e. The van der Waals surface area contributed by atoms with Gasteiger partial charge in [-0.25, -0.2) is 4.98 Å². The van der Waals surface area contributed by atoms with Crippen molar-refractivity contribution >= 4 is 5.91 Å². The minimum absolute atomic E-state index is 0.109. The summed E-state index contributed by atoms with van der Waals surface area (Å²) in [5, 5.41) is 0. The van der Waals surface area contributed by atoms with Crippen LogP contribution < -0.4 is 0 Å². The van der Waals surface area contributed by atoms with Crippen LogP contribution in [0.15, 0.2) is 53.1 Å². The van der Waals surface area contributed by atoms with E-state index in [1.54, 1.807) is 0 Å². The van der Waals surface area contributed by atoms with Crippen molar-refractivity contribution in [1.29, 1.82) is 0 Å². The Labute approximate surface area is 153 Å². The second-order valence-electron chi connectivity index (χ2n) is 6.78. The summed E-state index contributed by atoms with van der Waals surface area (Å²) in [7, 11) is 0. The molecular formula is C21H23N3O2. The first-order valence-electron chi connectivity index (χ1n) is 9.09. The van der Waals surface area contributed by atoms with Crippen LogP contribution in [0.3, 0.4) is 0 Å². The number of amides is 1. The number of carbonyl (C=O) groups excluding carboxylic acids is 1. The van der Waals surface area contributed by atoms with Crippen molar-refractivity contribution in [2.75, 3.05) is 6.54 Å². The summed E-state index contributed by atoms with van der Waals surface area (Å²) in [6.45, 7) is 5.64. The van der Waals surface area contributed by atoms with E-state index in [1.807, 2.05) is 48.2 Å². The minimum atomic E-state index is 0.109. The van der Waals surface area contributed by atoms with Gasteiger partial charge in [-0.1, -0.05) is 30.3 Å². The van der Waals surface area contributed by atoms with E-state index in [1.165, 1.54) is 5.69 Å². The van der Waals surface area contributed by atoms with E-state index < -0.39 is 0 Å². The molecule has 1 atom stereocenters. The van der Waals surface area contributed by atoms with Crippen LogP contribution in [-0.2, 0) is 17.8 Å². The Bertz CT molecular complexity index is 910. The number of oxazole rings is 1. The summed E-state index contributed by atoms with van der Waals surface area (Å²) in [6.07, 6.45) is 3.02. The molecule has 5 heteroatoms. The highest BCUT2D eigenvalue weighted by Gasteiger charge is 2.27. The first-order valence-corrected chi connectivity index (χ1v) is 9.09. The molecule has 0 saturated heterocycles. The molecule has 0 aliphatic carbocycles. The Kier molecular flexibility index (Phi) is 4.37. The number of rotatable bonds is 4. The van der Waals surface area contributed by atoms with Gasteiger partial charge >= 0.3 is 0 Å². The number of hydrogen-bond donors (Lipinski definition) is 0. The van der Waals surface area contributed by atoms with Crippen LogP contribution in [0.2, 0.25) is 0 Å². The molecule has 134 valence electrons. The SMILES string of the molecule is Cc1nc(CCC(=O)N2CCn3cccc3C2C)oc1-c1ccccc1. The molecular weight excluding hydrogens is 326 g/mol. The topological polar surface area (TPSA) is 51.3 Å². The predicted molar refractivity (Wildman–Crippen MR) is 99.6 cm³/mol. The molecule has 4 rings (SSSR count). The molecule has 26 heavy (non-hydrogen) atoms. The Hall–Kier alpha value is -2.82. The molecule has 1 aliphatic heterocycles. The molecule has 0 saturated carbocycles. The van der Waals surface area contributed by atoms with Gasteiger partial charge in [0.05, 0.1) is 11.7 Å². The Morgan fingerprint density at radius 3 is 2.81 bits per heavy atom. The van der Waals surface area contributed by atoms with E-state index in [-0.39, 0.29) is 11.9 Å². The maximum absolute atomic E-state index is 12.7. The average molecular weight is 349 g/mol. The molecule has 0 N–H and O–H groups in total. The van der Waals surface area contributed by atoms with Crippen LogP contribution in [-0.4, -0.2) is 26.9 Å². The van der Waals surface area contributed by atoms with E-state index in [0.29, 0.717) is 18.7 Å². The van der Waals surface area contributed by atoms with Crippen LogP contribution in [0.1, 0.15) is 36.7 Å². The standard InChI is InChI=1S/C21H23N3O2/c1-15-21(17-7-4-3-5-8-17)26-19(22-15)10-11-20(25)24-14-13-23-12-6-9-18(23)16(24)2/h3-9,12,16H,10-11,13-14H2,1-2H3. The van der Waals surface area contributed by atoms with Crippen LogP contribution in [0.5, 0.6) is 0 Å². The fourth-order valence-electron chi connectivity index (χ4n) is 3.69. The lowest BCUT2D eigenvalue weighted by atomic mass is 10.1. The summed E-state index contributed by atoms with van der Waals surface area (Å²) < 4.78 is 8.14. The Morgan fingerprint density at radius 2 is 2.00 bits per heavy atom. The molecule has 0 radical (unpaired) electrons. The number of nitrogens with zero attached hydrogens (tertiary/aromatic N) is 3. The van der Waals surface area contributed by atoms with Gasteiger partial charge in [-0.15, -0.1) is 0 Å². The third-order valence-corrected chi connectivity index (χ3v) is 5.09. The number of hydrogen-bond acceptors (Lipinski definition) is 3. The van der Waals surface area contributed by atoms with Gasteiger partial charge in [0.2, 0.25) is 5.91 Å². The van der Waals surface area contributed by atoms with Gasteiger partial charge in [0, 0.05) is 43.4 Å². The number of fused-ring (bicyclic) bond motifs is 1. The number of aryl methyl sites for hydroxylation is 2. The molecule has 0 spiro atoms. The van der Waals surface area contributed by atoms with Gasteiger partial charge < -0.3 is 13.9 Å². The first kappa shape index (κ1) is 16.6. The average Bonchev–Trinajstić information content (AvgIpc) is 3.28. The van der Waals surface area contributed by atoms with E-state index in [4.69, 9.17) is 4.42 Å². The highest BCUT2D eigenvalue weighted by atomic mass is 16.4. The highest BCUT2D eigenvalue weighted by molar-refractivity contribution is 5.77. The van der Waals surface area contributed by atoms with Gasteiger partial charge in [0.15, 0.2) is 11.7 Å². The fraction of sp³-hybridized carbons (Fsp3) is 0.333. The van der Waals surface area contributed by atoms with E-state index in [2.05, 4.69) is 28.7 Å². The molecule has 1 amide bonds. The maximum Gasteiger partial charge on any atom is 0.223 e. The number of benzene rings is 1. The quantitative estimate of drug-likeness (QED) is 0.716. The second kappa shape index (κ2) is 6.83. The lowest BCUT2D eigenvalue weighted by molar-refractivity contribution is -0.134. The summed E-state index contributed by atoms with van der Waals surface area (Å²) in [4.78, 5) is 19.2. The molecule has 0 fully saturated rings. The Balaban J connectivity index is 1.43. The smallest absolute Gasteiger partial charge is 0.223 e. The van der Waals surface area contributed by atoms with Crippen LogP contribution in [0, 0.1) is 6.92 Å². The summed E-state index contributed by atoms with van der Waals surface area (Å²) >= 11 is 0. The lowest BCUT2D eigenvalue weighted by Crippen LogP contribution is -2.40. The van der Waals surface area contributed by atoms with Crippen LogP contribution in [0.4, 0.5) is 0 Å². The van der Waals surface area contributed by atoms with Crippen LogP contribution in [0.25, 0.3) is 11.3 Å². The van der Waals surface area contributed by atoms with Crippen LogP contribution >= 0.6 is 0 Å². The van der Waals surface area contributed by atoms with Crippen molar-refractivity contribution in [3.8, 4) is 11.3 Å². The first-order chi connectivity index (χ1) is 12.6. The maximum atomic E-state index is 12.7. The molecule has 1 aromatic carbocycles. The van der Waals surface area contributed by atoms with Crippen molar-refractivity contribution in [2.24, 2.45) is 0 Å². The van der Waals surface area contributed by atoms with Crippen molar-refractivity contribution in [2.45, 2.75) is 39.3 Å². The summed E-state index contributed by atoms with van der Waals surface area (Å²) in [6, 6.07) is 14.2. The summed E-state index contributed by atoms with van der Waals surface area (Å²) in [5.41, 5.74) is 3.08. The molecule has 3 heterocycles. The second-order valence-corrected chi connectivity index (χ2v) is 6.78.